The van der Waals surface area contributed by atoms with Crippen LogP contribution in [-0.2, 0) is 4.79 Å². The number of methoxy groups -OCH3 is 1. The standard InChI is InChI=1S/C22H18N4O4/c1-28-18-10-13(6-9-17(18)30-22(27)14-7-8-14)11-25-26-21-20-19(23-12-24-21)15-4-2-3-5-16(15)29-20/h2-6,9-12,14H,7-8H2,1H3,(H,23,24,26)/b25-11-. The van der Waals surface area contributed by atoms with Crippen LogP contribution in [0.4, 0.5) is 5.82 Å². The van der Waals surface area contributed by atoms with Gasteiger partial charge in [0, 0.05) is 5.39 Å². The van der Waals surface area contributed by atoms with Crippen molar-refractivity contribution in [2.45, 2.75) is 12.8 Å². The number of furan rings is 1. The number of anilines is 1. The van der Waals surface area contributed by atoms with E-state index in [4.69, 9.17) is 13.9 Å². The molecule has 8 nitrogen and oxygen atoms in total. The van der Waals surface area contributed by atoms with E-state index >= 15 is 0 Å². The third-order valence-electron chi connectivity index (χ3n) is 4.85. The van der Waals surface area contributed by atoms with Gasteiger partial charge in [-0.2, -0.15) is 5.10 Å². The first-order valence-corrected chi connectivity index (χ1v) is 9.54. The predicted molar refractivity (Wildman–Crippen MR) is 112 cm³/mol. The number of hydrazone groups is 1. The van der Waals surface area contributed by atoms with Crippen LogP contribution < -0.4 is 14.9 Å². The number of para-hydroxylation sites is 1. The van der Waals surface area contributed by atoms with Crippen molar-refractivity contribution < 1.29 is 18.7 Å². The molecule has 0 bridgehead atoms. The maximum Gasteiger partial charge on any atom is 0.314 e. The highest BCUT2D eigenvalue weighted by Crippen LogP contribution is 2.34. The number of esters is 1. The van der Waals surface area contributed by atoms with Crippen molar-refractivity contribution in [1.82, 2.24) is 9.97 Å². The van der Waals surface area contributed by atoms with Crippen molar-refractivity contribution in [3.63, 3.8) is 0 Å². The smallest absolute Gasteiger partial charge is 0.314 e. The summed E-state index contributed by atoms with van der Waals surface area (Å²) in [4.78, 5) is 20.4. The molecule has 4 aromatic rings. The van der Waals surface area contributed by atoms with E-state index in [9.17, 15) is 4.79 Å². The molecule has 0 radical (unpaired) electrons. The molecule has 150 valence electrons. The Labute approximate surface area is 171 Å². The van der Waals surface area contributed by atoms with Crippen LogP contribution >= 0.6 is 0 Å². The highest BCUT2D eigenvalue weighted by Gasteiger charge is 2.32. The average Bonchev–Trinajstić information content (AvgIpc) is 3.56. The second-order valence-corrected chi connectivity index (χ2v) is 6.97. The Morgan fingerprint density at radius 2 is 2.07 bits per heavy atom. The Morgan fingerprint density at radius 3 is 2.90 bits per heavy atom. The number of nitrogens with one attached hydrogen (secondary N) is 1. The second-order valence-electron chi connectivity index (χ2n) is 6.97. The summed E-state index contributed by atoms with van der Waals surface area (Å²) in [6.07, 6.45) is 4.86. The summed E-state index contributed by atoms with van der Waals surface area (Å²) in [5.74, 6) is 1.14. The zero-order valence-corrected chi connectivity index (χ0v) is 16.2. The van der Waals surface area contributed by atoms with Crippen LogP contribution in [0.25, 0.3) is 22.1 Å². The topological polar surface area (TPSA) is 98.8 Å². The summed E-state index contributed by atoms with van der Waals surface area (Å²) in [6.45, 7) is 0. The van der Waals surface area contributed by atoms with E-state index in [1.807, 2.05) is 24.3 Å². The molecular formula is C22H18N4O4. The molecule has 1 aliphatic carbocycles. The summed E-state index contributed by atoms with van der Waals surface area (Å²) >= 11 is 0. The second kappa shape index (κ2) is 7.47. The van der Waals surface area contributed by atoms with Crippen molar-refractivity contribution >= 4 is 40.1 Å². The van der Waals surface area contributed by atoms with E-state index in [-0.39, 0.29) is 11.9 Å². The van der Waals surface area contributed by atoms with Crippen molar-refractivity contribution in [2.24, 2.45) is 11.0 Å². The molecule has 1 aliphatic rings. The minimum atomic E-state index is -0.213. The molecule has 2 heterocycles. The normalized spacial score (nSPS) is 13.8. The molecule has 0 aliphatic heterocycles. The number of hydrogen-bond donors (Lipinski definition) is 1. The highest BCUT2D eigenvalue weighted by atomic mass is 16.6. The quantitative estimate of drug-likeness (QED) is 0.224. The lowest BCUT2D eigenvalue weighted by Gasteiger charge is -2.09. The van der Waals surface area contributed by atoms with E-state index in [0.29, 0.717) is 22.9 Å². The summed E-state index contributed by atoms with van der Waals surface area (Å²) in [7, 11) is 1.53. The van der Waals surface area contributed by atoms with E-state index in [2.05, 4.69) is 20.5 Å². The fourth-order valence-electron chi connectivity index (χ4n) is 3.13. The summed E-state index contributed by atoms with van der Waals surface area (Å²) in [5, 5.41) is 5.17. The maximum atomic E-state index is 11.9. The number of benzene rings is 2. The molecule has 0 atom stereocenters. The van der Waals surface area contributed by atoms with Gasteiger partial charge in [0.1, 0.15) is 17.4 Å². The van der Waals surface area contributed by atoms with Crippen LogP contribution in [0.5, 0.6) is 11.5 Å². The minimum Gasteiger partial charge on any atom is -0.493 e. The van der Waals surface area contributed by atoms with Crippen LogP contribution in [0, 0.1) is 5.92 Å². The van der Waals surface area contributed by atoms with E-state index in [0.717, 1.165) is 34.9 Å². The van der Waals surface area contributed by atoms with Gasteiger partial charge in [-0.15, -0.1) is 0 Å². The van der Waals surface area contributed by atoms with E-state index in [1.165, 1.54) is 13.4 Å². The Bertz CT molecular complexity index is 1280. The molecule has 2 aromatic heterocycles. The molecule has 30 heavy (non-hydrogen) atoms. The number of ether oxygens (including phenoxy) is 2. The average molecular weight is 402 g/mol. The first kappa shape index (κ1) is 18.1. The largest absolute Gasteiger partial charge is 0.493 e. The van der Waals surface area contributed by atoms with Gasteiger partial charge in [0.2, 0.25) is 0 Å². The molecule has 1 N–H and O–H groups in total. The molecule has 2 aromatic carbocycles. The van der Waals surface area contributed by atoms with Crippen molar-refractivity contribution in [3.8, 4) is 11.5 Å². The molecule has 0 amide bonds. The first-order chi connectivity index (χ1) is 14.7. The summed E-state index contributed by atoms with van der Waals surface area (Å²) in [5.41, 5.74) is 5.67. The molecule has 0 spiro atoms. The van der Waals surface area contributed by atoms with Gasteiger partial charge >= 0.3 is 5.97 Å². The fraction of sp³-hybridized carbons (Fsp3) is 0.182. The Hall–Kier alpha value is -3.94. The first-order valence-electron chi connectivity index (χ1n) is 9.54. The monoisotopic (exact) mass is 402 g/mol. The van der Waals surface area contributed by atoms with Gasteiger partial charge in [-0.05, 0) is 48.7 Å². The van der Waals surface area contributed by atoms with Crippen molar-refractivity contribution in [1.29, 1.82) is 0 Å². The van der Waals surface area contributed by atoms with Gasteiger partial charge < -0.3 is 13.9 Å². The third-order valence-corrected chi connectivity index (χ3v) is 4.85. The minimum absolute atomic E-state index is 0.0168. The molecule has 8 heteroatoms. The maximum absolute atomic E-state index is 11.9. The van der Waals surface area contributed by atoms with Crippen molar-refractivity contribution in [3.05, 3.63) is 54.4 Å². The van der Waals surface area contributed by atoms with Gasteiger partial charge in [-0.3, -0.25) is 10.2 Å². The Kier molecular flexibility index (Phi) is 4.51. The molecular weight excluding hydrogens is 384 g/mol. The Morgan fingerprint density at radius 1 is 1.20 bits per heavy atom. The molecule has 5 rings (SSSR count). The van der Waals surface area contributed by atoms with Crippen LogP contribution in [-0.4, -0.2) is 29.3 Å². The zero-order chi connectivity index (χ0) is 20.5. The number of rotatable bonds is 6. The Balaban J connectivity index is 1.36. The van der Waals surface area contributed by atoms with Gasteiger partial charge in [0.25, 0.3) is 0 Å². The van der Waals surface area contributed by atoms with E-state index in [1.54, 1.807) is 24.4 Å². The zero-order valence-electron chi connectivity index (χ0n) is 16.2. The number of fused-ring (bicyclic) bond motifs is 3. The van der Waals surface area contributed by atoms with Gasteiger partial charge in [0.05, 0.1) is 19.2 Å². The van der Waals surface area contributed by atoms with Gasteiger partial charge in [-0.25, -0.2) is 9.97 Å². The SMILES string of the molecule is COc1cc(/C=N\Nc2ncnc3c2oc2ccccc23)ccc1OC(=O)C1CC1. The lowest BCUT2D eigenvalue weighted by molar-refractivity contribution is -0.135. The van der Waals surface area contributed by atoms with Crippen LogP contribution in [0.15, 0.2) is 58.3 Å². The lowest BCUT2D eigenvalue weighted by Crippen LogP contribution is -2.10. The summed E-state index contributed by atoms with van der Waals surface area (Å²) < 4.78 is 16.6. The van der Waals surface area contributed by atoms with Crippen molar-refractivity contribution in [2.75, 3.05) is 12.5 Å². The fourth-order valence-corrected chi connectivity index (χ4v) is 3.13. The molecule has 1 fully saturated rings. The number of hydrogen-bond acceptors (Lipinski definition) is 8. The third kappa shape index (κ3) is 3.43. The molecule has 0 unspecified atom stereocenters. The van der Waals surface area contributed by atoms with Crippen LogP contribution in [0.1, 0.15) is 18.4 Å². The number of carbonyl (C=O) groups excluding carboxylic acids is 1. The lowest BCUT2D eigenvalue weighted by atomic mass is 10.2. The highest BCUT2D eigenvalue weighted by molar-refractivity contribution is 6.05. The van der Waals surface area contributed by atoms with Crippen LogP contribution in [0.2, 0.25) is 0 Å². The summed E-state index contributed by atoms with van der Waals surface area (Å²) in [6, 6.07) is 12.9. The van der Waals surface area contributed by atoms with Gasteiger partial charge in [0.15, 0.2) is 22.9 Å². The molecule has 1 saturated carbocycles. The number of carbonyl (C=O) groups is 1. The van der Waals surface area contributed by atoms with Crippen LogP contribution in [0.3, 0.4) is 0 Å². The number of nitrogens with zero attached hydrogens (tertiary/aromatic N) is 3. The predicted octanol–water partition coefficient (Wildman–Crippen LogP) is 4.15. The number of aromatic nitrogens is 2. The van der Waals surface area contributed by atoms with E-state index < -0.39 is 0 Å². The molecule has 0 saturated heterocycles. The van der Waals surface area contributed by atoms with Gasteiger partial charge in [-0.1, -0.05) is 12.1 Å².